The Labute approximate surface area is 222 Å². The number of nitrogens with zero attached hydrogens (tertiary/aromatic N) is 2. The number of halogens is 2. The van der Waals surface area contributed by atoms with Crippen LogP contribution in [0.15, 0.2) is 43.1 Å². The molecule has 0 atom stereocenters. The Hall–Kier alpha value is -1.34. The van der Waals surface area contributed by atoms with E-state index in [0.717, 1.165) is 49.5 Å². The zero-order chi connectivity index (χ0) is 25.7. The second kappa shape index (κ2) is 15.6. The molecule has 2 N–H and O–H groups in total. The standard InChI is InChI=1S/C20H21BCl2N2O.C4H11NS.C2H6/c1-2-9-26-19-12-18(23)17(22)11-15(19)10-14-5-7-25(8-6-14)20-4-3-16(21)13-24-20;1-4(2,3)6-5;1-2/h2-4,11-14H,1,5-10H2;5H2,1-3H3;1-2H3. The number of anilines is 1. The summed E-state index contributed by atoms with van der Waals surface area (Å²) < 4.78 is 6.01. The predicted octanol–water partition coefficient (Wildman–Crippen LogP) is 6.62. The molecular weight excluding hydrogens is 484 g/mol. The molecule has 1 aromatic heterocycles. The molecule has 1 fully saturated rings. The van der Waals surface area contributed by atoms with Crippen LogP contribution in [0.2, 0.25) is 10.0 Å². The minimum absolute atomic E-state index is 0.236. The average molecular weight is 522 g/mol. The van der Waals surface area contributed by atoms with Crippen molar-refractivity contribution >= 4 is 54.3 Å². The van der Waals surface area contributed by atoms with E-state index in [1.165, 1.54) is 11.9 Å². The van der Waals surface area contributed by atoms with Gasteiger partial charge in [-0.3, -0.25) is 5.14 Å². The van der Waals surface area contributed by atoms with Crippen LogP contribution in [0.5, 0.6) is 5.75 Å². The van der Waals surface area contributed by atoms with E-state index in [0.29, 0.717) is 28.0 Å². The fourth-order valence-electron chi connectivity index (χ4n) is 3.27. The van der Waals surface area contributed by atoms with Gasteiger partial charge in [-0.05, 0) is 63.6 Å². The lowest BCUT2D eigenvalue weighted by Crippen LogP contribution is -2.35. The van der Waals surface area contributed by atoms with Gasteiger partial charge in [0, 0.05) is 30.1 Å². The first-order valence-corrected chi connectivity index (χ1v) is 13.3. The molecule has 0 spiro atoms. The summed E-state index contributed by atoms with van der Waals surface area (Å²) in [6, 6.07) is 7.61. The molecule has 4 nitrogen and oxygen atoms in total. The summed E-state index contributed by atoms with van der Waals surface area (Å²) in [7, 11) is 5.72. The van der Waals surface area contributed by atoms with Crippen molar-refractivity contribution in [3.8, 4) is 5.75 Å². The van der Waals surface area contributed by atoms with Gasteiger partial charge in [0.25, 0.3) is 0 Å². The van der Waals surface area contributed by atoms with Crippen LogP contribution in [0, 0.1) is 5.92 Å². The van der Waals surface area contributed by atoms with E-state index in [2.05, 4.69) is 37.2 Å². The van der Waals surface area contributed by atoms with Gasteiger partial charge in [0.2, 0.25) is 0 Å². The van der Waals surface area contributed by atoms with E-state index in [1.807, 2.05) is 32.0 Å². The van der Waals surface area contributed by atoms with Crippen molar-refractivity contribution in [1.29, 1.82) is 0 Å². The molecular formula is C26H38BCl2N3OS. The molecule has 0 amide bonds. The number of piperidine rings is 1. The average Bonchev–Trinajstić information content (AvgIpc) is 2.83. The van der Waals surface area contributed by atoms with E-state index in [-0.39, 0.29) is 4.75 Å². The third-order valence-corrected chi connectivity index (χ3v) is 6.46. The van der Waals surface area contributed by atoms with E-state index in [9.17, 15) is 0 Å². The van der Waals surface area contributed by atoms with Crippen molar-refractivity contribution in [3.63, 3.8) is 0 Å². The highest BCUT2D eigenvalue weighted by Gasteiger charge is 2.22. The fraction of sp³-hybridized carbons (Fsp3) is 0.500. The van der Waals surface area contributed by atoms with Crippen LogP contribution in [0.1, 0.15) is 53.0 Å². The van der Waals surface area contributed by atoms with Gasteiger partial charge in [-0.2, -0.15) is 0 Å². The van der Waals surface area contributed by atoms with Gasteiger partial charge in [0.05, 0.1) is 10.0 Å². The van der Waals surface area contributed by atoms with E-state index >= 15 is 0 Å². The number of ether oxygens (including phenoxy) is 1. The zero-order valence-electron chi connectivity index (χ0n) is 21.1. The Morgan fingerprint density at radius 1 is 1.21 bits per heavy atom. The summed E-state index contributed by atoms with van der Waals surface area (Å²) in [5.74, 6) is 2.35. The Morgan fingerprint density at radius 2 is 1.79 bits per heavy atom. The Kier molecular flexibility index (Phi) is 14.1. The maximum atomic E-state index is 6.22. The minimum Gasteiger partial charge on any atom is -0.489 e. The van der Waals surface area contributed by atoms with Gasteiger partial charge in [-0.25, -0.2) is 4.98 Å². The van der Waals surface area contributed by atoms with Gasteiger partial charge in [-0.15, -0.1) is 0 Å². The largest absolute Gasteiger partial charge is 0.489 e. The number of hydrogen-bond acceptors (Lipinski definition) is 5. The van der Waals surface area contributed by atoms with Gasteiger partial charge in [0.15, 0.2) is 0 Å². The molecule has 34 heavy (non-hydrogen) atoms. The maximum absolute atomic E-state index is 6.22. The molecule has 2 heterocycles. The third kappa shape index (κ3) is 10.9. The minimum atomic E-state index is 0.236. The molecule has 0 unspecified atom stereocenters. The number of benzene rings is 1. The van der Waals surface area contributed by atoms with E-state index in [1.54, 1.807) is 18.3 Å². The number of hydrogen-bond donors (Lipinski definition) is 1. The van der Waals surface area contributed by atoms with Crippen molar-refractivity contribution in [1.82, 2.24) is 4.98 Å². The highest BCUT2D eigenvalue weighted by Crippen LogP contribution is 2.34. The first kappa shape index (κ1) is 30.7. The van der Waals surface area contributed by atoms with Gasteiger partial charge < -0.3 is 9.64 Å². The smallest absolute Gasteiger partial charge is 0.128 e. The first-order valence-electron chi connectivity index (χ1n) is 11.7. The van der Waals surface area contributed by atoms with Crippen molar-refractivity contribution < 1.29 is 4.74 Å². The lowest BCUT2D eigenvalue weighted by molar-refractivity contribution is 0.349. The second-order valence-electron chi connectivity index (χ2n) is 8.79. The van der Waals surface area contributed by atoms with Gasteiger partial charge in [-0.1, -0.05) is 73.2 Å². The summed E-state index contributed by atoms with van der Waals surface area (Å²) >= 11 is 13.7. The van der Waals surface area contributed by atoms with Crippen LogP contribution in [-0.2, 0) is 6.42 Å². The van der Waals surface area contributed by atoms with Gasteiger partial charge >= 0.3 is 0 Å². The van der Waals surface area contributed by atoms with Crippen molar-refractivity contribution in [2.75, 3.05) is 24.6 Å². The normalized spacial score (nSPS) is 13.8. The topological polar surface area (TPSA) is 51.4 Å². The molecule has 1 aliphatic rings. The Morgan fingerprint density at radius 3 is 2.29 bits per heavy atom. The molecule has 3 rings (SSSR count). The van der Waals surface area contributed by atoms with Crippen LogP contribution in [-0.4, -0.2) is 37.3 Å². The number of aromatic nitrogens is 1. The van der Waals surface area contributed by atoms with Crippen LogP contribution in [0.4, 0.5) is 5.82 Å². The number of rotatable bonds is 6. The highest BCUT2D eigenvalue weighted by molar-refractivity contribution is 7.98. The summed E-state index contributed by atoms with van der Waals surface area (Å²) in [5, 5.41) is 6.30. The summed E-state index contributed by atoms with van der Waals surface area (Å²) in [5.41, 5.74) is 1.79. The fourth-order valence-corrected chi connectivity index (χ4v) is 3.61. The van der Waals surface area contributed by atoms with E-state index < -0.39 is 0 Å². The van der Waals surface area contributed by atoms with E-state index in [4.69, 9.17) is 40.9 Å². The quantitative estimate of drug-likeness (QED) is 0.263. The molecule has 1 aliphatic heterocycles. The monoisotopic (exact) mass is 521 g/mol. The lowest BCUT2D eigenvalue weighted by atomic mass is 9.89. The molecule has 2 aromatic rings. The predicted molar refractivity (Wildman–Crippen MR) is 153 cm³/mol. The summed E-state index contributed by atoms with van der Waals surface area (Å²) in [4.78, 5) is 6.73. The van der Waals surface area contributed by atoms with Crippen LogP contribution in [0.25, 0.3) is 0 Å². The lowest BCUT2D eigenvalue weighted by Gasteiger charge is -2.33. The van der Waals surface area contributed by atoms with Crippen LogP contribution < -0.4 is 20.2 Å². The molecule has 0 saturated carbocycles. The van der Waals surface area contributed by atoms with Crippen molar-refractivity contribution in [2.45, 2.75) is 58.6 Å². The summed E-state index contributed by atoms with van der Waals surface area (Å²) in [6.07, 6.45) is 6.54. The maximum Gasteiger partial charge on any atom is 0.128 e. The molecule has 1 aromatic carbocycles. The molecule has 8 heteroatoms. The Balaban J connectivity index is 0.000000631. The molecule has 1 saturated heterocycles. The van der Waals surface area contributed by atoms with Crippen molar-refractivity contribution in [3.05, 3.63) is 58.7 Å². The zero-order valence-corrected chi connectivity index (χ0v) is 23.4. The third-order valence-electron chi connectivity index (χ3n) is 5.03. The van der Waals surface area contributed by atoms with Crippen LogP contribution >= 0.6 is 35.1 Å². The molecule has 2 radical (unpaired) electrons. The molecule has 186 valence electrons. The summed E-state index contributed by atoms with van der Waals surface area (Å²) in [6.45, 7) is 16.3. The number of pyridine rings is 1. The van der Waals surface area contributed by atoms with Gasteiger partial charge in [0.1, 0.15) is 26.0 Å². The first-order chi connectivity index (χ1) is 16.1. The molecule has 0 aliphatic carbocycles. The highest BCUT2D eigenvalue weighted by atomic mass is 35.5. The van der Waals surface area contributed by atoms with Crippen molar-refractivity contribution in [2.24, 2.45) is 11.1 Å². The number of nitrogens with two attached hydrogens (primary N) is 1. The SMILES string of the molecule is CC.CC(C)(C)SN.[B]c1ccc(N2CCC(Cc3cc(Cl)c(Cl)cc3OCC=C)CC2)nc1. The Bertz CT molecular complexity index is 868. The van der Waals surface area contributed by atoms with Crippen LogP contribution in [0.3, 0.4) is 0 Å². The molecule has 0 bridgehead atoms. The second-order valence-corrected chi connectivity index (χ2v) is 11.1.